The number of likely N-dealkylation sites (tertiary alicyclic amines) is 1. The molecule has 3 rings (SSSR count). The molecular weight excluding hydrogens is 491 g/mol. The molecule has 0 saturated carbocycles. The summed E-state index contributed by atoms with van der Waals surface area (Å²) in [4.78, 5) is 11.6. The second-order valence-corrected chi connectivity index (χ2v) is 7.41. The topological polar surface area (TPSA) is 78.6 Å². The lowest BCUT2D eigenvalue weighted by atomic mass is 10.1. The van der Waals surface area contributed by atoms with Crippen molar-refractivity contribution >= 4 is 29.9 Å². The molecule has 1 aromatic carbocycles. The van der Waals surface area contributed by atoms with Crippen molar-refractivity contribution in [1.82, 2.24) is 25.7 Å². The largest absolute Gasteiger partial charge is 0.357 e. The molecule has 0 spiro atoms. The van der Waals surface area contributed by atoms with Gasteiger partial charge in [0.1, 0.15) is 0 Å². The second kappa shape index (κ2) is 13.6. The standard InChI is InChI=1S/C22H34N6O.HI/c1-3-20-26-21(29-27-20)19-10-8-18(9-11-19)12-13-24-22(23-4-2)25-14-17-28-15-6-5-7-16-28;/h8-11H,3-7,12-17H2,1-2H3,(H2,23,24,25);1H. The minimum absolute atomic E-state index is 0. The maximum Gasteiger partial charge on any atom is 0.257 e. The van der Waals surface area contributed by atoms with Gasteiger partial charge in [0.05, 0.1) is 6.54 Å². The molecule has 1 fully saturated rings. The van der Waals surface area contributed by atoms with Gasteiger partial charge in [-0.2, -0.15) is 4.98 Å². The maximum absolute atomic E-state index is 5.30. The Morgan fingerprint density at radius 1 is 1.10 bits per heavy atom. The molecule has 166 valence electrons. The molecule has 1 saturated heterocycles. The molecule has 8 heteroatoms. The Balaban J connectivity index is 0.00000320. The summed E-state index contributed by atoms with van der Waals surface area (Å²) in [7, 11) is 0. The van der Waals surface area contributed by atoms with Crippen molar-refractivity contribution in [2.75, 3.05) is 39.3 Å². The van der Waals surface area contributed by atoms with E-state index < -0.39 is 0 Å². The molecule has 2 N–H and O–H groups in total. The number of aromatic nitrogens is 2. The van der Waals surface area contributed by atoms with E-state index in [1.54, 1.807) is 0 Å². The molecule has 0 radical (unpaired) electrons. The summed E-state index contributed by atoms with van der Waals surface area (Å²) in [5, 5.41) is 10.7. The van der Waals surface area contributed by atoms with Crippen LogP contribution in [0.2, 0.25) is 0 Å². The molecule has 0 unspecified atom stereocenters. The average Bonchev–Trinajstić information content (AvgIpc) is 3.24. The number of hydrogen-bond donors (Lipinski definition) is 2. The van der Waals surface area contributed by atoms with Crippen molar-refractivity contribution < 1.29 is 4.52 Å². The Morgan fingerprint density at radius 3 is 2.53 bits per heavy atom. The zero-order valence-electron chi connectivity index (χ0n) is 18.2. The third-order valence-corrected chi connectivity index (χ3v) is 5.17. The highest BCUT2D eigenvalue weighted by Gasteiger charge is 2.09. The van der Waals surface area contributed by atoms with Crippen LogP contribution >= 0.6 is 24.0 Å². The molecule has 7 nitrogen and oxygen atoms in total. The number of hydrogen-bond acceptors (Lipinski definition) is 5. The molecule has 1 aliphatic heterocycles. The van der Waals surface area contributed by atoms with E-state index in [0.717, 1.165) is 56.4 Å². The Morgan fingerprint density at radius 2 is 1.87 bits per heavy atom. The summed E-state index contributed by atoms with van der Waals surface area (Å²) in [6, 6.07) is 8.32. The van der Waals surface area contributed by atoms with Crippen LogP contribution in [-0.4, -0.2) is 60.3 Å². The van der Waals surface area contributed by atoms with Gasteiger partial charge < -0.3 is 20.1 Å². The van der Waals surface area contributed by atoms with Crippen LogP contribution in [0.4, 0.5) is 0 Å². The van der Waals surface area contributed by atoms with Gasteiger partial charge in [-0.3, -0.25) is 4.99 Å². The van der Waals surface area contributed by atoms with Crippen molar-refractivity contribution in [2.45, 2.75) is 46.0 Å². The van der Waals surface area contributed by atoms with Crippen LogP contribution in [0, 0.1) is 0 Å². The number of guanidine groups is 1. The molecule has 0 amide bonds. The molecule has 0 aliphatic carbocycles. The first-order valence-electron chi connectivity index (χ1n) is 10.9. The van der Waals surface area contributed by atoms with Crippen molar-refractivity contribution in [3.8, 4) is 11.5 Å². The number of halogens is 1. The minimum Gasteiger partial charge on any atom is -0.357 e. The third kappa shape index (κ3) is 7.86. The number of piperidine rings is 1. The van der Waals surface area contributed by atoms with E-state index >= 15 is 0 Å². The Bertz CT molecular complexity index is 755. The van der Waals surface area contributed by atoms with Gasteiger partial charge in [0.25, 0.3) is 5.89 Å². The number of nitrogens with zero attached hydrogens (tertiary/aromatic N) is 4. The van der Waals surface area contributed by atoms with E-state index in [1.807, 2.05) is 19.1 Å². The number of rotatable bonds is 9. The number of nitrogens with one attached hydrogen (secondary N) is 2. The number of benzene rings is 1. The predicted molar refractivity (Wildman–Crippen MR) is 133 cm³/mol. The van der Waals surface area contributed by atoms with Crippen molar-refractivity contribution in [1.29, 1.82) is 0 Å². The summed E-state index contributed by atoms with van der Waals surface area (Å²) in [6.45, 7) is 10.2. The van der Waals surface area contributed by atoms with Crippen LogP contribution in [0.15, 0.2) is 33.8 Å². The zero-order valence-corrected chi connectivity index (χ0v) is 20.5. The van der Waals surface area contributed by atoms with Gasteiger partial charge in [0.15, 0.2) is 11.8 Å². The fourth-order valence-corrected chi connectivity index (χ4v) is 3.48. The lowest BCUT2D eigenvalue weighted by molar-refractivity contribution is 0.235. The Kier molecular flexibility index (Phi) is 11.1. The van der Waals surface area contributed by atoms with Gasteiger partial charge >= 0.3 is 0 Å². The van der Waals surface area contributed by atoms with E-state index in [2.05, 4.69) is 44.7 Å². The molecule has 2 aromatic rings. The van der Waals surface area contributed by atoms with E-state index in [9.17, 15) is 0 Å². The molecule has 2 heterocycles. The second-order valence-electron chi connectivity index (χ2n) is 7.41. The normalized spacial score (nSPS) is 14.9. The molecule has 0 bridgehead atoms. The maximum atomic E-state index is 5.30. The average molecular weight is 526 g/mol. The van der Waals surface area contributed by atoms with E-state index in [0.29, 0.717) is 5.89 Å². The van der Waals surface area contributed by atoms with Crippen LogP contribution in [0.3, 0.4) is 0 Å². The van der Waals surface area contributed by atoms with Gasteiger partial charge in [0, 0.05) is 31.6 Å². The summed E-state index contributed by atoms with van der Waals surface area (Å²) in [6.07, 6.45) is 5.74. The van der Waals surface area contributed by atoms with Gasteiger partial charge in [-0.05, 0) is 57.0 Å². The smallest absolute Gasteiger partial charge is 0.257 e. The van der Waals surface area contributed by atoms with Crippen LogP contribution in [0.25, 0.3) is 11.5 Å². The van der Waals surface area contributed by atoms with Gasteiger partial charge in [-0.1, -0.05) is 30.6 Å². The Hall–Kier alpha value is -1.68. The van der Waals surface area contributed by atoms with Crippen LogP contribution in [0.5, 0.6) is 0 Å². The minimum atomic E-state index is 0. The highest BCUT2D eigenvalue weighted by atomic mass is 127. The van der Waals surface area contributed by atoms with Crippen LogP contribution in [0.1, 0.15) is 44.5 Å². The predicted octanol–water partition coefficient (Wildman–Crippen LogP) is 3.50. The molecular formula is C22H35IN6O. The summed E-state index contributed by atoms with van der Waals surface area (Å²) < 4.78 is 5.30. The quantitative estimate of drug-likeness (QED) is 0.296. The van der Waals surface area contributed by atoms with Crippen molar-refractivity contribution in [3.05, 3.63) is 35.7 Å². The Labute approximate surface area is 197 Å². The fraction of sp³-hybridized carbons (Fsp3) is 0.591. The fourth-order valence-electron chi connectivity index (χ4n) is 3.48. The summed E-state index contributed by atoms with van der Waals surface area (Å²) in [5.41, 5.74) is 2.22. The number of aliphatic imine (C=N–C) groups is 1. The SMILES string of the molecule is CCNC(=NCCN1CCCCC1)NCCc1ccc(-c2nc(CC)no2)cc1.I. The van der Waals surface area contributed by atoms with Crippen molar-refractivity contribution in [3.63, 3.8) is 0 Å². The highest BCUT2D eigenvalue weighted by molar-refractivity contribution is 14.0. The van der Waals surface area contributed by atoms with Gasteiger partial charge in [0.2, 0.25) is 0 Å². The molecule has 1 aliphatic rings. The van der Waals surface area contributed by atoms with E-state index in [-0.39, 0.29) is 24.0 Å². The van der Waals surface area contributed by atoms with Crippen molar-refractivity contribution in [2.24, 2.45) is 4.99 Å². The highest BCUT2D eigenvalue weighted by Crippen LogP contribution is 2.18. The molecule has 30 heavy (non-hydrogen) atoms. The lowest BCUT2D eigenvalue weighted by Crippen LogP contribution is -2.39. The third-order valence-electron chi connectivity index (χ3n) is 5.17. The molecule has 0 atom stereocenters. The number of aryl methyl sites for hydroxylation is 1. The molecule has 1 aromatic heterocycles. The van der Waals surface area contributed by atoms with Crippen LogP contribution < -0.4 is 10.6 Å². The van der Waals surface area contributed by atoms with E-state index in [4.69, 9.17) is 9.52 Å². The first-order valence-corrected chi connectivity index (χ1v) is 10.9. The zero-order chi connectivity index (χ0) is 20.3. The monoisotopic (exact) mass is 526 g/mol. The summed E-state index contributed by atoms with van der Waals surface area (Å²) >= 11 is 0. The lowest BCUT2D eigenvalue weighted by Gasteiger charge is -2.25. The first-order chi connectivity index (χ1) is 14.3. The van der Waals surface area contributed by atoms with Gasteiger partial charge in [-0.25, -0.2) is 0 Å². The van der Waals surface area contributed by atoms with Gasteiger partial charge in [-0.15, -0.1) is 24.0 Å². The van der Waals surface area contributed by atoms with Crippen LogP contribution in [-0.2, 0) is 12.8 Å². The first kappa shape index (κ1) is 24.6. The summed E-state index contributed by atoms with van der Waals surface area (Å²) in [5.74, 6) is 2.23. The van der Waals surface area contributed by atoms with E-state index in [1.165, 1.54) is 37.9 Å².